The molecule has 0 radical (unpaired) electrons. The van der Waals surface area contributed by atoms with Gasteiger partial charge in [0.1, 0.15) is 12.4 Å². The van der Waals surface area contributed by atoms with Gasteiger partial charge in [-0.2, -0.15) is 5.10 Å². The van der Waals surface area contributed by atoms with Gasteiger partial charge >= 0.3 is 0 Å². The summed E-state index contributed by atoms with van der Waals surface area (Å²) < 4.78 is 18.4. The largest absolute Gasteiger partial charge is 0.454 e. The molecule has 0 saturated carbocycles. The zero-order chi connectivity index (χ0) is 28.0. The number of aromatic nitrogens is 2. The van der Waals surface area contributed by atoms with E-state index < -0.39 is 0 Å². The summed E-state index contributed by atoms with van der Waals surface area (Å²) in [6.07, 6.45) is 0. The molecule has 3 aliphatic rings. The zero-order valence-electron chi connectivity index (χ0n) is 22.7. The standard InChI is InChI=1S/C29H31ClN4O5S/c1-29(2,3)27-25-26(18-8-9-21-22(14-18)39-17-38-21)40-16-24(36)33(15-23(35)32-10-12-37-13-11-32)28(25)34(31-27)20-7-5-4-6-19(20)30/h4-9,14,26H,10-13,15-17H2,1-3H3. The van der Waals surface area contributed by atoms with Crippen LogP contribution in [0.5, 0.6) is 11.5 Å². The number of morpholine rings is 1. The maximum absolute atomic E-state index is 13.9. The Bertz CT molecular complexity index is 1460. The summed E-state index contributed by atoms with van der Waals surface area (Å²) in [5, 5.41) is 5.36. The lowest BCUT2D eigenvalue weighted by atomic mass is 9.87. The minimum atomic E-state index is -0.376. The molecule has 0 bridgehead atoms. The van der Waals surface area contributed by atoms with Crippen LogP contribution in [0.2, 0.25) is 5.02 Å². The van der Waals surface area contributed by atoms with Crippen LogP contribution in [0.25, 0.3) is 5.69 Å². The van der Waals surface area contributed by atoms with Crippen molar-refractivity contribution in [1.29, 1.82) is 0 Å². The van der Waals surface area contributed by atoms with Crippen molar-refractivity contribution in [3.05, 3.63) is 64.3 Å². The number of benzene rings is 2. The van der Waals surface area contributed by atoms with E-state index in [0.29, 0.717) is 54.3 Å². The summed E-state index contributed by atoms with van der Waals surface area (Å²) >= 11 is 8.23. The first-order valence-electron chi connectivity index (χ1n) is 13.3. The van der Waals surface area contributed by atoms with E-state index in [2.05, 4.69) is 20.8 Å². The molecule has 3 aliphatic heterocycles. The van der Waals surface area contributed by atoms with E-state index in [1.165, 1.54) is 11.8 Å². The number of thioether (sulfide) groups is 1. The first-order valence-corrected chi connectivity index (χ1v) is 14.7. The molecule has 11 heteroatoms. The predicted molar refractivity (Wildman–Crippen MR) is 154 cm³/mol. The van der Waals surface area contributed by atoms with Gasteiger partial charge in [0.05, 0.1) is 40.6 Å². The molecule has 9 nitrogen and oxygen atoms in total. The summed E-state index contributed by atoms with van der Waals surface area (Å²) in [6, 6.07) is 13.3. The summed E-state index contributed by atoms with van der Waals surface area (Å²) in [6.45, 7) is 8.35. The van der Waals surface area contributed by atoms with Gasteiger partial charge in [-0.1, -0.05) is 50.6 Å². The number of carbonyl (C=O) groups excluding carboxylic acids is 2. The zero-order valence-corrected chi connectivity index (χ0v) is 24.3. The average Bonchev–Trinajstić information content (AvgIpc) is 3.54. The van der Waals surface area contributed by atoms with Crippen molar-refractivity contribution in [3.63, 3.8) is 0 Å². The summed E-state index contributed by atoms with van der Waals surface area (Å²) in [5.41, 5.74) is 2.95. The number of amides is 2. The number of carbonyl (C=O) groups is 2. The highest BCUT2D eigenvalue weighted by molar-refractivity contribution is 8.00. The predicted octanol–water partition coefficient (Wildman–Crippen LogP) is 4.58. The number of fused-ring (bicyclic) bond motifs is 2. The number of ether oxygens (including phenoxy) is 3. The number of anilines is 1. The minimum absolute atomic E-state index is 0.0972. The maximum atomic E-state index is 13.9. The highest BCUT2D eigenvalue weighted by Gasteiger charge is 2.41. The van der Waals surface area contributed by atoms with Gasteiger partial charge < -0.3 is 19.1 Å². The Labute approximate surface area is 242 Å². The Morgan fingerprint density at radius 2 is 1.85 bits per heavy atom. The van der Waals surface area contributed by atoms with Crippen LogP contribution in [0.3, 0.4) is 0 Å². The molecule has 40 heavy (non-hydrogen) atoms. The Kier molecular flexibility index (Phi) is 7.18. The van der Waals surface area contributed by atoms with Crippen LogP contribution < -0.4 is 14.4 Å². The number of para-hydroxylation sites is 1. The third-order valence-corrected chi connectivity index (χ3v) is 8.81. The Balaban J connectivity index is 1.56. The molecule has 1 fully saturated rings. The van der Waals surface area contributed by atoms with Gasteiger partial charge in [0.2, 0.25) is 18.6 Å². The van der Waals surface area contributed by atoms with Gasteiger partial charge in [0, 0.05) is 24.1 Å². The molecular formula is C29H31ClN4O5S. The van der Waals surface area contributed by atoms with E-state index in [9.17, 15) is 9.59 Å². The topological polar surface area (TPSA) is 86.1 Å². The fraction of sp³-hybridized carbons (Fsp3) is 0.414. The van der Waals surface area contributed by atoms with E-state index in [-0.39, 0.29) is 41.6 Å². The lowest BCUT2D eigenvalue weighted by molar-refractivity contribution is -0.134. The third kappa shape index (κ3) is 4.93. The van der Waals surface area contributed by atoms with Gasteiger partial charge in [-0.3, -0.25) is 14.5 Å². The van der Waals surface area contributed by atoms with E-state index in [4.69, 9.17) is 30.9 Å². The second-order valence-corrected chi connectivity index (χ2v) is 12.5. The molecule has 4 heterocycles. The van der Waals surface area contributed by atoms with Crippen LogP contribution in [0.1, 0.15) is 42.8 Å². The van der Waals surface area contributed by atoms with Crippen molar-refractivity contribution >= 4 is 41.0 Å². The quantitative estimate of drug-likeness (QED) is 0.445. The van der Waals surface area contributed by atoms with Crippen molar-refractivity contribution in [2.24, 2.45) is 0 Å². The summed E-state index contributed by atoms with van der Waals surface area (Å²) in [5.74, 6) is 1.83. The van der Waals surface area contributed by atoms with Crippen LogP contribution in [-0.2, 0) is 19.7 Å². The molecule has 1 atom stereocenters. The second-order valence-electron chi connectivity index (χ2n) is 11.0. The molecule has 2 amide bonds. The van der Waals surface area contributed by atoms with Crippen molar-refractivity contribution in [3.8, 4) is 17.2 Å². The molecule has 1 aromatic heterocycles. The van der Waals surface area contributed by atoms with E-state index in [1.807, 2.05) is 36.4 Å². The number of hydrogen-bond acceptors (Lipinski definition) is 7. The lowest BCUT2D eigenvalue weighted by Crippen LogP contribution is -2.48. The van der Waals surface area contributed by atoms with Crippen molar-refractivity contribution in [2.75, 3.05) is 50.3 Å². The number of rotatable bonds is 4. The highest BCUT2D eigenvalue weighted by atomic mass is 35.5. The van der Waals surface area contributed by atoms with Gasteiger partial charge in [-0.05, 0) is 29.8 Å². The van der Waals surface area contributed by atoms with Gasteiger partial charge in [-0.25, -0.2) is 4.68 Å². The normalized spacial score (nSPS) is 19.0. The molecule has 210 valence electrons. The molecular weight excluding hydrogens is 552 g/mol. The molecule has 3 aromatic rings. The van der Waals surface area contributed by atoms with E-state index in [0.717, 1.165) is 16.8 Å². The highest BCUT2D eigenvalue weighted by Crippen LogP contribution is 2.50. The van der Waals surface area contributed by atoms with Gasteiger partial charge in [0.25, 0.3) is 0 Å². The molecule has 0 N–H and O–H groups in total. The van der Waals surface area contributed by atoms with Crippen LogP contribution in [0, 0.1) is 0 Å². The molecule has 0 spiro atoms. The molecule has 6 rings (SSSR count). The lowest BCUT2D eigenvalue weighted by Gasteiger charge is -2.30. The minimum Gasteiger partial charge on any atom is -0.454 e. The van der Waals surface area contributed by atoms with Crippen molar-refractivity contribution < 1.29 is 23.8 Å². The van der Waals surface area contributed by atoms with Gasteiger partial charge in [-0.15, -0.1) is 11.8 Å². The fourth-order valence-corrected chi connectivity index (χ4v) is 6.66. The summed E-state index contributed by atoms with van der Waals surface area (Å²) in [7, 11) is 0. The summed E-state index contributed by atoms with van der Waals surface area (Å²) in [4.78, 5) is 30.7. The fourth-order valence-electron chi connectivity index (χ4n) is 5.25. The maximum Gasteiger partial charge on any atom is 0.242 e. The first-order chi connectivity index (χ1) is 19.2. The Hall–Kier alpha value is -3.21. The van der Waals surface area contributed by atoms with Gasteiger partial charge in [0.15, 0.2) is 11.5 Å². The van der Waals surface area contributed by atoms with Crippen LogP contribution in [0.15, 0.2) is 42.5 Å². The first kappa shape index (κ1) is 27.0. The number of halogens is 1. The van der Waals surface area contributed by atoms with Crippen molar-refractivity contribution in [1.82, 2.24) is 14.7 Å². The van der Waals surface area contributed by atoms with E-state index >= 15 is 0 Å². The van der Waals surface area contributed by atoms with Crippen molar-refractivity contribution in [2.45, 2.75) is 31.4 Å². The molecule has 2 aromatic carbocycles. The Morgan fingerprint density at radius 1 is 1.10 bits per heavy atom. The van der Waals surface area contributed by atoms with Crippen LogP contribution in [0.4, 0.5) is 5.82 Å². The average molecular weight is 583 g/mol. The van der Waals surface area contributed by atoms with Crippen LogP contribution in [-0.4, -0.2) is 71.9 Å². The number of hydrogen-bond donors (Lipinski definition) is 0. The van der Waals surface area contributed by atoms with E-state index in [1.54, 1.807) is 20.5 Å². The monoisotopic (exact) mass is 582 g/mol. The molecule has 1 unspecified atom stereocenters. The molecule has 0 aliphatic carbocycles. The molecule has 1 saturated heterocycles. The second kappa shape index (κ2) is 10.6. The number of nitrogens with zero attached hydrogens (tertiary/aromatic N) is 4. The SMILES string of the molecule is CC(C)(C)c1nn(-c2ccccc2Cl)c2c1C(c1ccc3c(c1)OCO3)SCC(=O)N2CC(=O)N1CCOCC1. The third-order valence-electron chi connectivity index (χ3n) is 7.24. The smallest absolute Gasteiger partial charge is 0.242 e. The van der Waals surface area contributed by atoms with Crippen LogP contribution >= 0.6 is 23.4 Å². The Morgan fingerprint density at radius 3 is 2.60 bits per heavy atom.